The third-order valence-electron chi connectivity index (χ3n) is 6.83. The van der Waals surface area contributed by atoms with E-state index in [4.69, 9.17) is 27.9 Å². The molecular weight excluding hydrogens is 449 g/mol. The maximum absolute atomic E-state index is 9.68. The minimum atomic E-state index is -0.282. The van der Waals surface area contributed by atoms with Gasteiger partial charge in [0.1, 0.15) is 11.9 Å². The van der Waals surface area contributed by atoms with Crippen molar-refractivity contribution in [3.05, 3.63) is 45.3 Å². The lowest BCUT2D eigenvalue weighted by Gasteiger charge is -2.35. The number of hydrogen-bond acceptors (Lipinski definition) is 8. The smallest absolute Gasteiger partial charge is 0.158 e. The summed E-state index contributed by atoms with van der Waals surface area (Å²) in [4.78, 5) is 6.80. The molecule has 2 saturated heterocycles. The Bertz CT molecular complexity index is 1020. The molecule has 5 atom stereocenters. The van der Waals surface area contributed by atoms with Gasteiger partial charge in [-0.15, -0.1) is 5.10 Å². The Kier molecular flexibility index (Phi) is 6.19. The van der Waals surface area contributed by atoms with Crippen LogP contribution in [0.25, 0.3) is 0 Å². The highest BCUT2D eigenvalue weighted by Gasteiger charge is 2.42. The van der Waals surface area contributed by atoms with Crippen LogP contribution in [0.4, 0.5) is 5.82 Å². The molecule has 0 bridgehead atoms. The molecule has 1 saturated carbocycles. The van der Waals surface area contributed by atoms with Crippen LogP contribution < -0.4 is 15.8 Å². The third-order valence-corrected chi connectivity index (χ3v) is 7.41. The van der Waals surface area contributed by atoms with Gasteiger partial charge in [0.2, 0.25) is 0 Å². The molecule has 8 nitrogen and oxygen atoms in total. The topological polar surface area (TPSA) is 99.0 Å². The van der Waals surface area contributed by atoms with Crippen LogP contribution in [0.15, 0.2) is 18.5 Å². The second kappa shape index (κ2) is 9.08. The van der Waals surface area contributed by atoms with E-state index in [-0.39, 0.29) is 23.4 Å². The number of halogens is 2. The van der Waals surface area contributed by atoms with Gasteiger partial charge in [0.15, 0.2) is 5.15 Å². The van der Waals surface area contributed by atoms with Gasteiger partial charge in [0.05, 0.1) is 35.0 Å². The Labute approximate surface area is 197 Å². The summed E-state index contributed by atoms with van der Waals surface area (Å²) in [6.07, 6.45) is 7.15. The van der Waals surface area contributed by atoms with Crippen LogP contribution in [0.3, 0.4) is 0 Å². The van der Waals surface area contributed by atoms with Gasteiger partial charge >= 0.3 is 0 Å². The van der Waals surface area contributed by atoms with Crippen LogP contribution >= 0.6 is 23.2 Å². The van der Waals surface area contributed by atoms with Crippen molar-refractivity contribution in [1.82, 2.24) is 26.0 Å². The van der Waals surface area contributed by atoms with Crippen LogP contribution in [-0.4, -0.2) is 40.4 Å². The monoisotopic (exact) mass is 473 g/mol. The van der Waals surface area contributed by atoms with Crippen LogP contribution in [0.1, 0.15) is 61.4 Å². The lowest BCUT2D eigenvalue weighted by molar-refractivity contribution is -0.0371. The summed E-state index contributed by atoms with van der Waals surface area (Å²) in [5.74, 6) is 1.12. The predicted octanol–water partition coefficient (Wildman–Crippen LogP) is 3.72. The highest BCUT2D eigenvalue weighted by molar-refractivity contribution is 6.35. The van der Waals surface area contributed by atoms with Gasteiger partial charge < -0.3 is 9.64 Å². The van der Waals surface area contributed by atoms with Crippen molar-refractivity contribution in [2.45, 2.75) is 56.9 Å². The number of hydrogen-bond donors (Lipinski definition) is 2. The fourth-order valence-electron chi connectivity index (χ4n) is 5.05. The molecule has 3 fully saturated rings. The van der Waals surface area contributed by atoms with Gasteiger partial charge in [-0.3, -0.25) is 5.43 Å². The number of nitrogens with one attached hydrogen (secondary N) is 2. The van der Waals surface area contributed by atoms with Crippen LogP contribution in [0.2, 0.25) is 10.2 Å². The largest absolute Gasteiger partial charge is 0.370 e. The number of fused-ring (bicyclic) bond motifs is 1. The number of anilines is 1. The molecule has 4 heterocycles. The predicted molar refractivity (Wildman–Crippen MR) is 121 cm³/mol. The van der Waals surface area contributed by atoms with E-state index in [1.807, 2.05) is 19.2 Å². The first-order valence-corrected chi connectivity index (χ1v) is 11.8. The molecule has 3 aliphatic rings. The van der Waals surface area contributed by atoms with E-state index in [0.29, 0.717) is 28.1 Å². The Balaban J connectivity index is 1.31. The molecule has 4 unspecified atom stereocenters. The number of nitrogens with zero attached hydrogens (tertiary/aromatic N) is 5. The van der Waals surface area contributed by atoms with Crippen LogP contribution in [-0.2, 0) is 4.74 Å². The van der Waals surface area contributed by atoms with Gasteiger partial charge in [-0.1, -0.05) is 23.2 Å². The van der Waals surface area contributed by atoms with Gasteiger partial charge in [-0.25, -0.2) is 10.4 Å². The van der Waals surface area contributed by atoms with Crippen molar-refractivity contribution in [2.24, 2.45) is 5.92 Å². The summed E-state index contributed by atoms with van der Waals surface area (Å²) in [6, 6.07) is 4.74. The molecule has 0 amide bonds. The summed E-state index contributed by atoms with van der Waals surface area (Å²) in [5.41, 5.74) is 9.22. The maximum atomic E-state index is 9.68. The summed E-state index contributed by atoms with van der Waals surface area (Å²) in [5, 5.41) is 18.1. The van der Waals surface area contributed by atoms with Crippen LogP contribution in [0, 0.1) is 17.2 Å². The normalized spacial score (nSPS) is 28.0. The Morgan fingerprint density at radius 1 is 1.25 bits per heavy atom. The summed E-state index contributed by atoms with van der Waals surface area (Å²) >= 11 is 12.5. The fourth-order valence-corrected chi connectivity index (χ4v) is 5.68. The Morgan fingerprint density at radius 3 is 2.81 bits per heavy atom. The van der Waals surface area contributed by atoms with Crippen molar-refractivity contribution in [1.29, 1.82) is 5.26 Å². The second-order valence-electron chi connectivity index (χ2n) is 8.74. The average Bonchev–Trinajstić information content (AvgIpc) is 3.16. The Morgan fingerprint density at radius 2 is 2.09 bits per heavy atom. The van der Waals surface area contributed by atoms with Gasteiger partial charge in [0, 0.05) is 30.9 Å². The molecule has 168 valence electrons. The van der Waals surface area contributed by atoms with E-state index in [9.17, 15) is 5.26 Å². The molecule has 2 N–H and O–H groups in total. The first-order chi connectivity index (χ1) is 15.5. The quantitative estimate of drug-likeness (QED) is 0.677. The zero-order chi connectivity index (χ0) is 22.2. The zero-order valence-corrected chi connectivity index (χ0v) is 19.3. The van der Waals surface area contributed by atoms with Crippen molar-refractivity contribution < 1.29 is 4.74 Å². The van der Waals surface area contributed by atoms with E-state index in [2.05, 4.69) is 37.0 Å². The van der Waals surface area contributed by atoms with E-state index in [1.165, 1.54) is 6.20 Å². The SMILES string of the molecule is C[C@@H](OC1CCC2NNC(c3cnc(N4CCC4)c(C#N)c3)C2C1)c1c(Cl)cnnc1Cl. The standard InChI is InChI=1S/C22H25Cl2N7O/c1-12(19-17(23)11-27-30-21(19)24)32-15-3-4-18-16(8-15)20(29-28-18)14-7-13(9-25)22(26-10-14)31-5-2-6-31/h7,10-12,15-16,18,20,28-29H,2-6,8H2,1H3/t12-,15?,16?,18?,20?/m1/s1. The molecular formula is C22H25Cl2N7O. The lowest BCUT2D eigenvalue weighted by Crippen LogP contribution is -2.38. The number of nitriles is 1. The number of pyridine rings is 1. The van der Waals surface area contributed by atoms with Crippen molar-refractivity contribution >= 4 is 29.0 Å². The fraction of sp³-hybridized carbons (Fsp3) is 0.545. The average molecular weight is 474 g/mol. The minimum absolute atomic E-state index is 0.0690. The maximum Gasteiger partial charge on any atom is 0.158 e. The molecule has 5 rings (SSSR count). The van der Waals surface area contributed by atoms with E-state index in [0.717, 1.165) is 50.2 Å². The summed E-state index contributed by atoms with van der Waals surface area (Å²) in [6.45, 7) is 3.88. The molecule has 0 radical (unpaired) electrons. The number of ether oxygens (including phenoxy) is 1. The number of aromatic nitrogens is 3. The molecule has 2 aromatic rings. The van der Waals surface area contributed by atoms with Gasteiger partial charge in [0.25, 0.3) is 0 Å². The van der Waals surface area contributed by atoms with E-state index >= 15 is 0 Å². The van der Waals surface area contributed by atoms with E-state index in [1.54, 1.807) is 0 Å². The summed E-state index contributed by atoms with van der Waals surface area (Å²) < 4.78 is 6.38. The third kappa shape index (κ3) is 4.04. The zero-order valence-electron chi connectivity index (χ0n) is 17.8. The molecule has 32 heavy (non-hydrogen) atoms. The van der Waals surface area contributed by atoms with Crippen molar-refractivity contribution in [3.63, 3.8) is 0 Å². The molecule has 2 aromatic heterocycles. The first kappa shape index (κ1) is 21.8. The molecule has 10 heteroatoms. The van der Waals surface area contributed by atoms with Crippen LogP contribution in [0.5, 0.6) is 0 Å². The van der Waals surface area contributed by atoms with E-state index < -0.39 is 0 Å². The molecule has 1 aliphatic carbocycles. The number of hydrazine groups is 1. The van der Waals surface area contributed by atoms with Gasteiger partial charge in [-0.2, -0.15) is 10.4 Å². The number of rotatable bonds is 5. The molecule has 0 spiro atoms. The van der Waals surface area contributed by atoms with Crippen molar-refractivity contribution in [3.8, 4) is 6.07 Å². The highest BCUT2D eigenvalue weighted by Crippen LogP contribution is 2.41. The summed E-state index contributed by atoms with van der Waals surface area (Å²) in [7, 11) is 0. The molecule has 2 aliphatic heterocycles. The minimum Gasteiger partial charge on any atom is -0.370 e. The van der Waals surface area contributed by atoms with Gasteiger partial charge in [-0.05, 0) is 50.2 Å². The second-order valence-corrected chi connectivity index (χ2v) is 9.50. The highest BCUT2D eigenvalue weighted by atomic mass is 35.5. The first-order valence-electron chi connectivity index (χ1n) is 11.0. The molecule has 0 aromatic carbocycles. The lowest BCUT2D eigenvalue weighted by atomic mass is 9.78. The van der Waals surface area contributed by atoms with Crippen molar-refractivity contribution in [2.75, 3.05) is 18.0 Å². The Hall–Kier alpha value is -2.02.